The van der Waals surface area contributed by atoms with Gasteiger partial charge in [0.2, 0.25) is 0 Å². The van der Waals surface area contributed by atoms with Crippen LogP contribution in [0.5, 0.6) is 11.5 Å². The highest BCUT2D eigenvalue weighted by Gasteiger charge is 2.35. The zero-order valence-corrected chi connectivity index (χ0v) is 12.3. The number of hydrogen-bond donors (Lipinski definition) is 2. The fourth-order valence-corrected chi connectivity index (χ4v) is 2.87. The number of amides is 1. The van der Waals surface area contributed by atoms with E-state index in [4.69, 9.17) is 0 Å². The number of rotatable bonds is 2. The summed E-state index contributed by atoms with van der Waals surface area (Å²) in [4.78, 5) is 17.9. The summed E-state index contributed by atoms with van der Waals surface area (Å²) in [5, 5.41) is 28.1. The highest BCUT2D eigenvalue weighted by Crippen LogP contribution is 2.42. The number of phenolic OH excluding ortho intramolecular Hbond substituents is 2. The van der Waals surface area contributed by atoms with Gasteiger partial charge in [-0.3, -0.25) is 4.79 Å². The molecule has 0 radical (unpaired) electrons. The van der Waals surface area contributed by atoms with E-state index in [2.05, 4.69) is 15.2 Å². The number of carbonyl (C=O) groups excluding carboxylic acids is 1. The third-order valence-electron chi connectivity index (χ3n) is 4.03. The second-order valence-corrected chi connectivity index (χ2v) is 5.50. The summed E-state index contributed by atoms with van der Waals surface area (Å²) in [7, 11) is 0. The van der Waals surface area contributed by atoms with Crippen molar-refractivity contribution in [2.24, 2.45) is 0 Å². The molecule has 24 heavy (non-hydrogen) atoms. The molecule has 2 N–H and O–H groups in total. The van der Waals surface area contributed by atoms with Gasteiger partial charge in [0.1, 0.15) is 17.7 Å². The lowest BCUT2D eigenvalue weighted by Crippen LogP contribution is -2.23. The Morgan fingerprint density at radius 2 is 1.88 bits per heavy atom. The summed E-state index contributed by atoms with van der Waals surface area (Å²) in [6.07, 6.45) is 1.13. The SMILES string of the molecule is O=C1c2c(c(O)c3nncnc3c2O)CN1Cc1ccc(F)cc1. The lowest BCUT2D eigenvalue weighted by molar-refractivity contribution is 0.0764. The van der Waals surface area contributed by atoms with Gasteiger partial charge in [-0.15, -0.1) is 10.2 Å². The van der Waals surface area contributed by atoms with Crippen LogP contribution >= 0.6 is 0 Å². The Morgan fingerprint density at radius 3 is 2.62 bits per heavy atom. The zero-order valence-electron chi connectivity index (χ0n) is 12.3. The largest absolute Gasteiger partial charge is 0.505 e. The normalized spacial score (nSPS) is 13.5. The molecule has 3 aromatic rings. The zero-order chi connectivity index (χ0) is 16.8. The van der Waals surface area contributed by atoms with Crippen molar-refractivity contribution in [1.29, 1.82) is 0 Å². The van der Waals surface area contributed by atoms with Crippen LogP contribution in [0.1, 0.15) is 21.5 Å². The first-order chi connectivity index (χ1) is 11.6. The summed E-state index contributed by atoms with van der Waals surface area (Å²) in [5.41, 5.74) is 1.11. The quantitative estimate of drug-likeness (QED) is 0.696. The van der Waals surface area contributed by atoms with Gasteiger partial charge in [-0.05, 0) is 17.7 Å². The van der Waals surface area contributed by atoms with Crippen molar-refractivity contribution < 1.29 is 19.4 Å². The number of fused-ring (bicyclic) bond motifs is 2. The predicted molar refractivity (Wildman–Crippen MR) is 80.6 cm³/mol. The maximum Gasteiger partial charge on any atom is 0.258 e. The third-order valence-corrected chi connectivity index (χ3v) is 4.03. The number of aromatic hydroxyl groups is 2. The monoisotopic (exact) mass is 326 g/mol. The molecule has 1 aromatic heterocycles. The predicted octanol–water partition coefficient (Wildman–Crippen LogP) is 1.73. The summed E-state index contributed by atoms with van der Waals surface area (Å²) < 4.78 is 13.0. The number of phenols is 2. The van der Waals surface area contributed by atoms with E-state index in [0.717, 1.165) is 11.9 Å². The maximum absolute atomic E-state index is 13.0. The van der Waals surface area contributed by atoms with Crippen molar-refractivity contribution in [1.82, 2.24) is 20.1 Å². The van der Waals surface area contributed by atoms with E-state index in [-0.39, 0.29) is 52.6 Å². The Labute approximate surface area is 135 Å². The first-order valence-corrected chi connectivity index (χ1v) is 7.14. The van der Waals surface area contributed by atoms with Crippen LogP contribution in [-0.2, 0) is 13.1 Å². The van der Waals surface area contributed by atoms with Crippen LogP contribution in [0.3, 0.4) is 0 Å². The number of halogens is 1. The number of nitrogens with zero attached hydrogens (tertiary/aromatic N) is 4. The molecular weight excluding hydrogens is 315 g/mol. The summed E-state index contributed by atoms with van der Waals surface area (Å²) in [6.45, 7) is 0.333. The number of benzene rings is 2. The molecule has 4 rings (SSSR count). The molecule has 0 atom stereocenters. The van der Waals surface area contributed by atoms with E-state index in [0.29, 0.717) is 0 Å². The molecule has 8 heteroatoms. The topological polar surface area (TPSA) is 99.4 Å². The van der Waals surface area contributed by atoms with Crippen LogP contribution in [0.25, 0.3) is 11.0 Å². The van der Waals surface area contributed by atoms with E-state index in [1.165, 1.54) is 17.0 Å². The molecule has 0 unspecified atom stereocenters. The second-order valence-electron chi connectivity index (χ2n) is 5.50. The smallest absolute Gasteiger partial charge is 0.258 e. The van der Waals surface area contributed by atoms with E-state index >= 15 is 0 Å². The molecule has 2 aromatic carbocycles. The molecule has 0 fully saturated rings. The Hall–Kier alpha value is -3.29. The van der Waals surface area contributed by atoms with E-state index in [1.54, 1.807) is 12.1 Å². The Bertz CT molecular complexity index is 975. The van der Waals surface area contributed by atoms with Gasteiger partial charge in [0.05, 0.1) is 12.1 Å². The standard InChI is InChI=1S/C16H11FN4O3/c17-9-3-1-8(2-4-9)5-21-6-10-11(16(21)24)15(23)12-13(14(10)22)20-19-7-18-12/h1-4,7,22-23H,5-6H2. The van der Waals surface area contributed by atoms with Gasteiger partial charge in [-0.25, -0.2) is 9.37 Å². The molecule has 1 aliphatic heterocycles. The second kappa shape index (κ2) is 5.12. The molecule has 120 valence electrons. The molecule has 1 amide bonds. The maximum atomic E-state index is 13.0. The van der Waals surface area contributed by atoms with Crippen LogP contribution in [0.15, 0.2) is 30.6 Å². The highest BCUT2D eigenvalue weighted by molar-refractivity contribution is 6.07. The average Bonchev–Trinajstić information content (AvgIpc) is 2.92. The molecule has 0 saturated heterocycles. The van der Waals surface area contributed by atoms with Crippen LogP contribution < -0.4 is 0 Å². The lowest BCUT2D eigenvalue weighted by atomic mass is 10.1. The summed E-state index contributed by atoms with van der Waals surface area (Å²) in [6, 6.07) is 5.78. The molecule has 1 aliphatic rings. The van der Waals surface area contributed by atoms with Crippen molar-refractivity contribution in [3.05, 3.63) is 53.1 Å². The molecule has 0 saturated carbocycles. The minimum Gasteiger partial charge on any atom is -0.505 e. The Balaban J connectivity index is 1.77. The molecule has 2 heterocycles. The van der Waals surface area contributed by atoms with Crippen LogP contribution in [0.4, 0.5) is 4.39 Å². The van der Waals surface area contributed by atoms with Gasteiger partial charge >= 0.3 is 0 Å². The number of carbonyl (C=O) groups is 1. The van der Waals surface area contributed by atoms with Crippen molar-refractivity contribution >= 4 is 16.9 Å². The Morgan fingerprint density at radius 1 is 1.12 bits per heavy atom. The van der Waals surface area contributed by atoms with Gasteiger partial charge < -0.3 is 15.1 Å². The fraction of sp³-hybridized carbons (Fsp3) is 0.125. The van der Waals surface area contributed by atoms with E-state index < -0.39 is 5.91 Å². The number of aromatic nitrogens is 3. The highest BCUT2D eigenvalue weighted by atomic mass is 19.1. The van der Waals surface area contributed by atoms with Gasteiger partial charge in [0.15, 0.2) is 17.0 Å². The first-order valence-electron chi connectivity index (χ1n) is 7.14. The van der Waals surface area contributed by atoms with Crippen molar-refractivity contribution in [3.63, 3.8) is 0 Å². The minimum atomic E-state index is -0.428. The van der Waals surface area contributed by atoms with E-state index in [9.17, 15) is 19.4 Å². The van der Waals surface area contributed by atoms with Gasteiger partial charge in [-0.1, -0.05) is 12.1 Å². The lowest BCUT2D eigenvalue weighted by Gasteiger charge is -2.15. The van der Waals surface area contributed by atoms with E-state index in [1.807, 2.05) is 0 Å². The van der Waals surface area contributed by atoms with Crippen molar-refractivity contribution in [3.8, 4) is 11.5 Å². The Kier molecular flexibility index (Phi) is 3.05. The van der Waals surface area contributed by atoms with Crippen LogP contribution in [0, 0.1) is 5.82 Å². The molecule has 7 nitrogen and oxygen atoms in total. The third kappa shape index (κ3) is 2.03. The molecule has 0 spiro atoms. The molecule has 0 aliphatic carbocycles. The average molecular weight is 326 g/mol. The van der Waals surface area contributed by atoms with Gasteiger partial charge in [0, 0.05) is 12.1 Å². The van der Waals surface area contributed by atoms with Crippen molar-refractivity contribution in [2.75, 3.05) is 0 Å². The summed E-state index contributed by atoms with van der Waals surface area (Å²) in [5.74, 6) is -1.32. The summed E-state index contributed by atoms with van der Waals surface area (Å²) >= 11 is 0. The van der Waals surface area contributed by atoms with Gasteiger partial charge in [0.25, 0.3) is 5.91 Å². The minimum absolute atomic E-state index is 0.0163. The first kappa shape index (κ1) is 14.3. The van der Waals surface area contributed by atoms with Crippen LogP contribution in [-0.4, -0.2) is 36.2 Å². The van der Waals surface area contributed by atoms with Crippen LogP contribution in [0.2, 0.25) is 0 Å². The molecule has 0 bridgehead atoms. The molecular formula is C16H11FN4O3. The fourth-order valence-electron chi connectivity index (χ4n) is 2.87. The van der Waals surface area contributed by atoms with Gasteiger partial charge in [-0.2, -0.15) is 0 Å². The van der Waals surface area contributed by atoms with Crippen molar-refractivity contribution in [2.45, 2.75) is 13.1 Å². The number of hydrogen-bond acceptors (Lipinski definition) is 6.